The van der Waals surface area contributed by atoms with E-state index in [9.17, 15) is 14.0 Å². The second kappa shape index (κ2) is 9.58. The van der Waals surface area contributed by atoms with E-state index in [0.717, 1.165) is 18.4 Å². The Kier molecular flexibility index (Phi) is 6.18. The molecule has 1 aliphatic carbocycles. The van der Waals surface area contributed by atoms with Gasteiger partial charge in [0.05, 0.1) is 17.6 Å². The number of halogens is 1. The van der Waals surface area contributed by atoms with Crippen molar-refractivity contribution < 1.29 is 18.4 Å². The molecule has 1 N–H and O–H groups in total. The number of anilines is 1. The van der Waals surface area contributed by atoms with Crippen LogP contribution in [0.15, 0.2) is 77.5 Å². The molecule has 0 saturated heterocycles. The number of nitrogens with zero attached hydrogens (tertiary/aromatic N) is 3. The lowest BCUT2D eigenvalue weighted by molar-refractivity contribution is -0.117. The molecule has 2 amide bonds. The van der Waals surface area contributed by atoms with Gasteiger partial charge >= 0.3 is 0 Å². The van der Waals surface area contributed by atoms with E-state index in [4.69, 9.17) is 4.42 Å². The Bertz CT molecular complexity index is 1340. The minimum Gasteiger partial charge on any atom is -0.459 e. The van der Waals surface area contributed by atoms with Crippen LogP contribution in [0.5, 0.6) is 0 Å². The molecule has 0 atom stereocenters. The molecule has 5 rings (SSSR count). The van der Waals surface area contributed by atoms with Gasteiger partial charge in [-0.3, -0.25) is 19.5 Å². The van der Waals surface area contributed by atoms with Crippen LogP contribution in [0.3, 0.4) is 0 Å². The summed E-state index contributed by atoms with van der Waals surface area (Å²) in [5.41, 5.74) is 2.54. The molecule has 4 aromatic rings. The first-order chi connectivity index (χ1) is 17.0. The van der Waals surface area contributed by atoms with Crippen molar-refractivity contribution in [3.63, 3.8) is 0 Å². The Hall–Kier alpha value is -4.20. The minimum atomic E-state index is -0.399. The topological polar surface area (TPSA) is 80.4 Å². The van der Waals surface area contributed by atoms with Gasteiger partial charge in [-0.2, -0.15) is 0 Å². The summed E-state index contributed by atoms with van der Waals surface area (Å²) in [5, 5.41) is 2.82. The third-order valence-electron chi connectivity index (χ3n) is 5.99. The number of imidazole rings is 1. The fourth-order valence-electron chi connectivity index (χ4n) is 3.87. The molecule has 1 saturated carbocycles. The highest BCUT2D eigenvalue weighted by Gasteiger charge is 2.30. The molecule has 2 heterocycles. The van der Waals surface area contributed by atoms with E-state index < -0.39 is 5.91 Å². The number of furan rings is 1. The lowest BCUT2D eigenvalue weighted by Gasteiger charge is -2.21. The number of benzene rings is 2. The van der Waals surface area contributed by atoms with Crippen LogP contribution in [-0.2, 0) is 4.79 Å². The Morgan fingerprint density at radius 1 is 1.14 bits per heavy atom. The van der Waals surface area contributed by atoms with Gasteiger partial charge in [-0.1, -0.05) is 36.4 Å². The summed E-state index contributed by atoms with van der Waals surface area (Å²) in [5.74, 6) is -0.246. The van der Waals surface area contributed by atoms with E-state index >= 15 is 0 Å². The van der Waals surface area contributed by atoms with Gasteiger partial charge < -0.3 is 9.32 Å². The van der Waals surface area contributed by atoms with E-state index in [1.54, 1.807) is 42.0 Å². The first-order valence-electron chi connectivity index (χ1n) is 11.5. The number of carbonyl (C=O) groups is 2. The fraction of sp³-hybridized carbons (Fsp3) is 0.222. The number of hydrogen-bond acceptors (Lipinski definition) is 4. The number of hydrogen-bond donors (Lipinski definition) is 1. The standard InChI is InChI=1S/C27H25FN4O3/c1-18-9-12-21(14-22(18)28)32-16-23(20-6-3-2-4-7-20)29-27(32)30-25(33)17-31(15-19-10-11-19)26(34)24-8-5-13-35-24/h2-9,12-14,16,19H,10-11,15,17H2,1H3,(H,29,30,33). The summed E-state index contributed by atoms with van der Waals surface area (Å²) in [6, 6.07) is 17.6. The Balaban J connectivity index is 1.42. The normalized spacial score (nSPS) is 13.0. The second-order valence-electron chi connectivity index (χ2n) is 8.77. The lowest BCUT2D eigenvalue weighted by Crippen LogP contribution is -2.39. The van der Waals surface area contributed by atoms with Gasteiger partial charge in [0.15, 0.2) is 5.76 Å². The molecule has 0 radical (unpaired) electrons. The van der Waals surface area contributed by atoms with Crippen molar-refractivity contribution in [1.29, 1.82) is 0 Å². The van der Waals surface area contributed by atoms with Crippen molar-refractivity contribution in [3.05, 3.63) is 90.3 Å². The molecular weight excluding hydrogens is 447 g/mol. The molecular formula is C27H25FN4O3. The zero-order valence-corrected chi connectivity index (χ0v) is 19.3. The maximum atomic E-state index is 14.3. The number of carbonyl (C=O) groups excluding carboxylic acids is 2. The van der Waals surface area contributed by atoms with Crippen molar-refractivity contribution in [3.8, 4) is 16.9 Å². The van der Waals surface area contributed by atoms with Crippen LogP contribution >= 0.6 is 0 Å². The minimum absolute atomic E-state index is 0.147. The average Bonchev–Trinajstić information content (AvgIpc) is 3.33. The van der Waals surface area contributed by atoms with E-state index in [0.29, 0.717) is 29.4 Å². The molecule has 178 valence electrons. The number of nitrogens with one attached hydrogen (secondary N) is 1. The van der Waals surface area contributed by atoms with Crippen LogP contribution in [0, 0.1) is 18.7 Å². The van der Waals surface area contributed by atoms with E-state index in [2.05, 4.69) is 10.3 Å². The Morgan fingerprint density at radius 2 is 1.94 bits per heavy atom. The molecule has 0 bridgehead atoms. The maximum Gasteiger partial charge on any atom is 0.290 e. The molecule has 1 fully saturated rings. The maximum absolute atomic E-state index is 14.3. The molecule has 8 heteroatoms. The Morgan fingerprint density at radius 3 is 2.63 bits per heavy atom. The number of amides is 2. The molecule has 0 aliphatic heterocycles. The first-order valence-corrected chi connectivity index (χ1v) is 11.5. The van der Waals surface area contributed by atoms with Gasteiger partial charge in [0, 0.05) is 18.3 Å². The van der Waals surface area contributed by atoms with Crippen molar-refractivity contribution in [2.75, 3.05) is 18.4 Å². The monoisotopic (exact) mass is 472 g/mol. The van der Waals surface area contributed by atoms with Crippen molar-refractivity contribution in [2.45, 2.75) is 19.8 Å². The molecule has 7 nitrogen and oxygen atoms in total. The summed E-state index contributed by atoms with van der Waals surface area (Å²) in [4.78, 5) is 32.1. The quantitative estimate of drug-likeness (QED) is 0.388. The molecule has 0 unspecified atom stereocenters. The summed E-state index contributed by atoms with van der Waals surface area (Å²) >= 11 is 0. The number of rotatable bonds is 8. The van der Waals surface area contributed by atoms with Gasteiger partial charge in [0.2, 0.25) is 11.9 Å². The van der Waals surface area contributed by atoms with Crippen LogP contribution in [-0.4, -0.2) is 39.4 Å². The van der Waals surface area contributed by atoms with Crippen molar-refractivity contribution in [1.82, 2.24) is 14.5 Å². The van der Waals surface area contributed by atoms with Crippen LogP contribution in [0.4, 0.5) is 10.3 Å². The van der Waals surface area contributed by atoms with E-state index in [1.807, 2.05) is 30.3 Å². The van der Waals surface area contributed by atoms with Crippen LogP contribution in [0.1, 0.15) is 29.0 Å². The zero-order chi connectivity index (χ0) is 24.4. The fourth-order valence-corrected chi connectivity index (χ4v) is 3.87. The molecule has 2 aromatic carbocycles. The van der Waals surface area contributed by atoms with Gasteiger partial charge in [0.1, 0.15) is 12.4 Å². The predicted molar refractivity (Wildman–Crippen MR) is 130 cm³/mol. The summed E-state index contributed by atoms with van der Waals surface area (Å²) < 4.78 is 21.2. The highest BCUT2D eigenvalue weighted by molar-refractivity contribution is 5.97. The van der Waals surface area contributed by atoms with Crippen LogP contribution in [0.25, 0.3) is 16.9 Å². The highest BCUT2D eigenvalue weighted by Crippen LogP contribution is 2.30. The zero-order valence-electron chi connectivity index (χ0n) is 19.3. The van der Waals surface area contributed by atoms with Crippen LogP contribution in [0.2, 0.25) is 0 Å². The first kappa shape index (κ1) is 22.6. The molecule has 0 spiro atoms. The van der Waals surface area contributed by atoms with Crippen LogP contribution < -0.4 is 5.32 Å². The van der Waals surface area contributed by atoms with Gasteiger partial charge in [-0.15, -0.1) is 0 Å². The molecule has 1 aliphatic rings. The van der Waals surface area contributed by atoms with Crippen molar-refractivity contribution in [2.24, 2.45) is 5.92 Å². The highest BCUT2D eigenvalue weighted by atomic mass is 19.1. The Labute approximate surface area is 202 Å². The smallest absolute Gasteiger partial charge is 0.290 e. The average molecular weight is 473 g/mol. The molecule has 35 heavy (non-hydrogen) atoms. The van der Waals surface area contributed by atoms with Crippen molar-refractivity contribution >= 4 is 17.8 Å². The van der Waals surface area contributed by atoms with E-state index in [-0.39, 0.29) is 30.0 Å². The third kappa shape index (κ3) is 5.16. The van der Waals surface area contributed by atoms with Gasteiger partial charge in [0.25, 0.3) is 5.91 Å². The summed E-state index contributed by atoms with van der Waals surface area (Å²) in [7, 11) is 0. The molecule has 2 aromatic heterocycles. The summed E-state index contributed by atoms with van der Waals surface area (Å²) in [6.07, 6.45) is 5.26. The summed E-state index contributed by atoms with van der Waals surface area (Å²) in [6.45, 7) is 2.03. The van der Waals surface area contributed by atoms with E-state index in [1.165, 1.54) is 17.2 Å². The lowest BCUT2D eigenvalue weighted by atomic mass is 10.2. The number of aromatic nitrogens is 2. The number of aryl methyl sites for hydroxylation is 1. The largest absolute Gasteiger partial charge is 0.459 e. The van der Waals surface area contributed by atoms with Gasteiger partial charge in [-0.25, -0.2) is 9.37 Å². The SMILES string of the molecule is Cc1ccc(-n2cc(-c3ccccc3)nc2NC(=O)CN(CC2CC2)C(=O)c2ccco2)cc1F. The van der Waals surface area contributed by atoms with Gasteiger partial charge in [-0.05, 0) is 55.5 Å². The second-order valence-corrected chi connectivity index (χ2v) is 8.77. The predicted octanol–water partition coefficient (Wildman–Crippen LogP) is 5.07. The third-order valence-corrected chi connectivity index (χ3v) is 5.99.